The SMILES string of the molecule is CN1CCCC(NCC(F)(F)F)(C(=O)O)CC1. The third-order valence-electron chi connectivity index (χ3n) is 3.10. The van der Waals surface area contributed by atoms with Gasteiger partial charge in [-0.15, -0.1) is 0 Å². The molecule has 0 bridgehead atoms. The molecular weight excluding hydrogens is 237 g/mol. The molecule has 0 spiro atoms. The largest absolute Gasteiger partial charge is 0.480 e. The third kappa shape index (κ3) is 4.16. The predicted molar refractivity (Wildman–Crippen MR) is 55.8 cm³/mol. The molecule has 0 aliphatic carbocycles. The molecule has 100 valence electrons. The van der Waals surface area contributed by atoms with Gasteiger partial charge in [0.05, 0.1) is 6.54 Å². The Kier molecular flexibility index (Phi) is 4.37. The van der Waals surface area contributed by atoms with Crippen LogP contribution in [0.4, 0.5) is 13.2 Å². The van der Waals surface area contributed by atoms with Crippen LogP contribution in [-0.4, -0.2) is 54.4 Å². The van der Waals surface area contributed by atoms with Crippen molar-refractivity contribution in [2.45, 2.75) is 31.0 Å². The van der Waals surface area contributed by atoms with Crippen molar-refractivity contribution >= 4 is 5.97 Å². The Bertz CT molecular complexity index is 283. The first-order valence-corrected chi connectivity index (χ1v) is 5.49. The Morgan fingerprint density at radius 3 is 2.59 bits per heavy atom. The van der Waals surface area contributed by atoms with Crippen LogP contribution in [0.15, 0.2) is 0 Å². The molecule has 0 aromatic carbocycles. The van der Waals surface area contributed by atoms with Crippen LogP contribution in [0.1, 0.15) is 19.3 Å². The van der Waals surface area contributed by atoms with Crippen molar-refractivity contribution in [2.24, 2.45) is 0 Å². The molecule has 1 fully saturated rings. The highest BCUT2D eigenvalue weighted by molar-refractivity contribution is 5.78. The first-order valence-electron chi connectivity index (χ1n) is 5.49. The molecule has 0 aromatic heterocycles. The van der Waals surface area contributed by atoms with Gasteiger partial charge in [-0.3, -0.25) is 10.1 Å². The maximum atomic E-state index is 12.2. The maximum Gasteiger partial charge on any atom is 0.401 e. The number of carbonyl (C=O) groups is 1. The molecule has 4 nitrogen and oxygen atoms in total. The fourth-order valence-corrected chi connectivity index (χ4v) is 2.00. The van der Waals surface area contributed by atoms with E-state index in [1.165, 1.54) is 0 Å². The molecule has 1 saturated heterocycles. The van der Waals surface area contributed by atoms with Gasteiger partial charge in [-0.25, -0.2) is 0 Å². The summed E-state index contributed by atoms with van der Waals surface area (Å²) in [6, 6.07) is 0. The second-order valence-electron chi connectivity index (χ2n) is 4.51. The molecule has 0 amide bonds. The standard InChI is InChI=1S/C10H17F3N2O2/c1-15-5-2-3-9(4-6-15,8(16)17)14-7-10(11,12)13/h14H,2-7H2,1H3,(H,16,17). The number of hydrogen-bond acceptors (Lipinski definition) is 3. The number of aliphatic carboxylic acids is 1. The summed E-state index contributed by atoms with van der Waals surface area (Å²) in [5.74, 6) is -1.20. The topological polar surface area (TPSA) is 52.6 Å². The normalized spacial score (nSPS) is 27.8. The van der Waals surface area contributed by atoms with E-state index in [1.54, 1.807) is 0 Å². The van der Waals surface area contributed by atoms with E-state index in [4.69, 9.17) is 5.11 Å². The van der Waals surface area contributed by atoms with Crippen LogP contribution in [0.5, 0.6) is 0 Å². The van der Waals surface area contributed by atoms with Crippen LogP contribution in [0.2, 0.25) is 0 Å². The van der Waals surface area contributed by atoms with Crippen LogP contribution in [-0.2, 0) is 4.79 Å². The van der Waals surface area contributed by atoms with E-state index in [1.807, 2.05) is 11.9 Å². The van der Waals surface area contributed by atoms with E-state index in [0.717, 1.165) is 0 Å². The summed E-state index contributed by atoms with van der Waals surface area (Å²) in [7, 11) is 1.84. The van der Waals surface area contributed by atoms with E-state index in [9.17, 15) is 18.0 Å². The lowest BCUT2D eigenvalue weighted by Crippen LogP contribution is -2.55. The summed E-state index contributed by atoms with van der Waals surface area (Å²) in [5, 5.41) is 11.3. The van der Waals surface area contributed by atoms with E-state index in [-0.39, 0.29) is 12.8 Å². The van der Waals surface area contributed by atoms with Crippen molar-refractivity contribution < 1.29 is 23.1 Å². The highest BCUT2D eigenvalue weighted by atomic mass is 19.4. The Labute approximate surface area is 97.8 Å². The van der Waals surface area contributed by atoms with E-state index < -0.39 is 24.2 Å². The van der Waals surface area contributed by atoms with Gasteiger partial charge < -0.3 is 10.0 Å². The fraction of sp³-hybridized carbons (Fsp3) is 0.900. The van der Waals surface area contributed by atoms with E-state index in [0.29, 0.717) is 19.5 Å². The zero-order chi connectivity index (χ0) is 13.1. The summed E-state index contributed by atoms with van der Waals surface area (Å²) in [6.07, 6.45) is -3.40. The minimum absolute atomic E-state index is 0.189. The van der Waals surface area contributed by atoms with Gasteiger partial charge in [0, 0.05) is 6.54 Å². The van der Waals surface area contributed by atoms with Crippen molar-refractivity contribution in [1.29, 1.82) is 0 Å². The van der Waals surface area contributed by atoms with Crippen molar-refractivity contribution in [3.05, 3.63) is 0 Å². The number of nitrogens with zero attached hydrogens (tertiary/aromatic N) is 1. The molecule has 7 heteroatoms. The average molecular weight is 254 g/mol. The lowest BCUT2D eigenvalue weighted by molar-refractivity contribution is -0.151. The quantitative estimate of drug-likeness (QED) is 0.791. The van der Waals surface area contributed by atoms with E-state index in [2.05, 4.69) is 5.32 Å². The molecule has 1 aliphatic heterocycles. The molecule has 1 aliphatic rings. The molecule has 2 N–H and O–H groups in total. The zero-order valence-corrected chi connectivity index (χ0v) is 9.68. The van der Waals surface area contributed by atoms with Gasteiger partial charge in [-0.1, -0.05) is 0 Å². The van der Waals surface area contributed by atoms with Gasteiger partial charge in [-0.2, -0.15) is 13.2 Å². The summed E-state index contributed by atoms with van der Waals surface area (Å²) >= 11 is 0. The minimum Gasteiger partial charge on any atom is -0.480 e. The Hall–Kier alpha value is -0.820. The molecule has 0 radical (unpaired) electrons. The summed E-state index contributed by atoms with van der Waals surface area (Å²) in [6.45, 7) is -0.0666. The number of carboxylic acid groups (broad SMARTS) is 1. The number of likely N-dealkylation sites (tertiary alicyclic amines) is 1. The molecule has 1 rings (SSSR count). The monoisotopic (exact) mass is 254 g/mol. The van der Waals surface area contributed by atoms with Crippen molar-refractivity contribution in [3.63, 3.8) is 0 Å². The van der Waals surface area contributed by atoms with Gasteiger partial charge in [0.15, 0.2) is 0 Å². The van der Waals surface area contributed by atoms with Gasteiger partial charge in [0.1, 0.15) is 5.54 Å². The molecule has 1 atom stereocenters. The summed E-state index contributed by atoms with van der Waals surface area (Å²) in [5.41, 5.74) is -1.44. The first-order chi connectivity index (χ1) is 7.75. The fourth-order valence-electron chi connectivity index (χ4n) is 2.00. The lowest BCUT2D eigenvalue weighted by atomic mass is 9.90. The smallest absolute Gasteiger partial charge is 0.401 e. The number of hydrogen-bond donors (Lipinski definition) is 2. The van der Waals surface area contributed by atoms with E-state index >= 15 is 0 Å². The maximum absolute atomic E-state index is 12.2. The van der Waals surface area contributed by atoms with Gasteiger partial charge >= 0.3 is 12.1 Å². The number of rotatable bonds is 3. The summed E-state index contributed by atoms with van der Waals surface area (Å²) < 4.78 is 36.5. The average Bonchev–Trinajstić information content (AvgIpc) is 2.37. The lowest BCUT2D eigenvalue weighted by Gasteiger charge is -2.29. The second kappa shape index (κ2) is 5.22. The van der Waals surface area contributed by atoms with Crippen molar-refractivity contribution in [2.75, 3.05) is 26.7 Å². The zero-order valence-electron chi connectivity index (χ0n) is 9.68. The molecule has 0 aromatic rings. The molecular formula is C10H17F3N2O2. The highest BCUT2D eigenvalue weighted by Crippen LogP contribution is 2.24. The second-order valence-corrected chi connectivity index (χ2v) is 4.51. The molecule has 1 heterocycles. The number of carboxylic acids is 1. The van der Waals surface area contributed by atoms with Crippen LogP contribution in [0.25, 0.3) is 0 Å². The van der Waals surface area contributed by atoms with Crippen LogP contribution in [0.3, 0.4) is 0 Å². The molecule has 1 unspecified atom stereocenters. The minimum atomic E-state index is -4.39. The van der Waals surface area contributed by atoms with Crippen LogP contribution >= 0.6 is 0 Å². The van der Waals surface area contributed by atoms with Crippen LogP contribution in [0, 0.1) is 0 Å². The number of nitrogens with one attached hydrogen (secondary N) is 1. The van der Waals surface area contributed by atoms with Gasteiger partial charge in [0.25, 0.3) is 0 Å². The first kappa shape index (κ1) is 14.2. The highest BCUT2D eigenvalue weighted by Gasteiger charge is 2.42. The Balaban J connectivity index is 2.71. The summed E-state index contributed by atoms with van der Waals surface area (Å²) in [4.78, 5) is 13.1. The Morgan fingerprint density at radius 1 is 1.41 bits per heavy atom. The van der Waals surface area contributed by atoms with Gasteiger partial charge in [-0.05, 0) is 32.9 Å². The Morgan fingerprint density at radius 2 is 2.06 bits per heavy atom. The van der Waals surface area contributed by atoms with Crippen molar-refractivity contribution in [1.82, 2.24) is 10.2 Å². The van der Waals surface area contributed by atoms with Crippen molar-refractivity contribution in [3.8, 4) is 0 Å². The molecule has 0 saturated carbocycles. The van der Waals surface area contributed by atoms with Crippen LogP contribution < -0.4 is 5.32 Å². The number of alkyl halides is 3. The van der Waals surface area contributed by atoms with Gasteiger partial charge in [0.2, 0.25) is 0 Å². The predicted octanol–water partition coefficient (Wildman–Crippen LogP) is 1.08. The number of halogens is 3. The molecule has 17 heavy (non-hydrogen) atoms. The third-order valence-corrected chi connectivity index (χ3v) is 3.10.